The molecule has 0 N–H and O–H groups in total. The van der Waals surface area contributed by atoms with Gasteiger partial charge in [-0.1, -0.05) is 54.7 Å². The van der Waals surface area contributed by atoms with Crippen LogP contribution in [0, 0.1) is 6.08 Å². The molecule has 0 aromatic heterocycles. The molecule has 1 radical (unpaired) electrons. The maximum atomic E-state index is 3.26. The summed E-state index contributed by atoms with van der Waals surface area (Å²) < 4.78 is 0. The van der Waals surface area contributed by atoms with Gasteiger partial charge in [-0.05, 0) is 31.8 Å². The fourth-order valence-electron chi connectivity index (χ4n) is 1.14. The minimum Gasteiger partial charge on any atom is -0.0842 e. The first kappa shape index (κ1) is 10.8. The standard InChI is InChI=1S/C14H17/c1-2-4-6-8-10-12-14-13-11-9-7-5-3-1/h1-4,7-9,11,13H,5-6,12,14H2/b3-1+,4-2-,9-7+,10-8?,13-11-. The van der Waals surface area contributed by atoms with Gasteiger partial charge in [0.25, 0.3) is 0 Å². The number of rotatable bonds is 0. The lowest BCUT2D eigenvalue weighted by Crippen LogP contribution is -1.67. The Bertz CT molecular complexity index is 262. The quantitative estimate of drug-likeness (QED) is 0.532. The molecule has 0 unspecified atom stereocenters. The minimum absolute atomic E-state index is 0.990. The van der Waals surface area contributed by atoms with Gasteiger partial charge in [0.1, 0.15) is 0 Å². The zero-order valence-electron chi connectivity index (χ0n) is 8.52. The summed E-state index contributed by atoms with van der Waals surface area (Å²) in [5.41, 5.74) is 0. The van der Waals surface area contributed by atoms with Crippen molar-refractivity contribution < 1.29 is 0 Å². The van der Waals surface area contributed by atoms with Gasteiger partial charge < -0.3 is 0 Å². The van der Waals surface area contributed by atoms with Crippen molar-refractivity contribution in [2.24, 2.45) is 0 Å². The largest absolute Gasteiger partial charge is 0.0842 e. The van der Waals surface area contributed by atoms with E-state index in [0.29, 0.717) is 0 Å². The Labute approximate surface area is 87.0 Å². The van der Waals surface area contributed by atoms with Gasteiger partial charge in [-0.2, -0.15) is 0 Å². The fraction of sp³-hybridized carbons (Fsp3) is 0.286. The zero-order chi connectivity index (χ0) is 9.90. The molecule has 0 amide bonds. The molecule has 0 atom stereocenters. The Morgan fingerprint density at radius 1 is 0.714 bits per heavy atom. The molecule has 0 saturated heterocycles. The van der Waals surface area contributed by atoms with Crippen molar-refractivity contribution in [3.63, 3.8) is 0 Å². The highest BCUT2D eigenvalue weighted by Gasteiger charge is 1.77. The van der Waals surface area contributed by atoms with Crippen molar-refractivity contribution >= 4 is 0 Å². The normalized spacial score (nSPS) is 29.7. The highest BCUT2D eigenvalue weighted by atomic mass is 13.8. The third-order valence-electron chi connectivity index (χ3n) is 1.89. The van der Waals surface area contributed by atoms with E-state index < -0.39 is 0 Å². The Hall–Kier alpha value is -1.30. The average Bonchev–Trinajstić information content (AvgIpc) is 2.22. The van der Waals surface area contributed by atoms with Crippen molar-refractivity contribution in [1.82, 2.24) is 0 Å². The van der Waals surface area contributed by atoms with Crippen molar-refractivity contribution in [3.8, 4) is 0 Å². The van der Waals surface area contributed by atoms with Crippen LogP contribution in [0.4, 0.5) is 0 Å². The molecule has 0 heterocycles. The van der Waals surface area contributed by atoms with Crippen molar-refractivity contribution in [3.05, 3.63) is 60.8 Å². The zero-order valence-corrected chi connectivity index (χ0v) is 8.52. The lowest BCUT2D eigenvalue weighted by molar-refractivity contribution is 1.02. The highest BCUT2D eigenvalue weighted by Crippen LogP contribution is 1.96. The summed E-state index contributed by atoms with van der Waals surface area (Å²) in [6.07, 6.45) is 26.5. The van der Waals surface area contributed by atoms with Gasteiger partial charge in [0.2, 0.25) is 0 Å². The molecule has 0 aromatic carbocycles. The number of allylic oxidation sites excluding steroid dienone is 10. The second-order valence-corrected chi connectivity index (χ2v) is 3.13. The van der Waals surface area contributed by atoms with Crippen LogP contribution in [0.15, 0.2) is 54.7 Å². The molecule has 0 saturated carbocycles. The van der Waals surface area contributed by atoms with Gasteiger partial charge >= 0.3 is 0 Å². The van der Waals surface area contributed by atoms with Gasteiger partial charge in [0.05, 0.1) is 0 Å². The maximum Gasteiger partial charge on any atom is -0.0160 e. The molecule has 1 rings (SSSR count). The molecule has 0 nitrogen and oxygen atoms in total. The van der Waals surface area contributed by atoms with Crippen molar-refractivity contribution in [2.75, 3.05) is 0 Å². The van der Waals surface area contributed by atoms with Gasteiger partial charge in [0, 0.05) is 0 Å². The fourth-order valence-corrected chi connectivity index (χ4v) is 1.14. The van der Waals surface area contributed by atoms with E-state index in [1.54, 1.807) is 0 Å². The van der Waals surface area contributed by atoms with Crippen LogP contribution in [-0.4, -0.2) is 0 Å². The first-order valence-corrected chi connectivity index (χ1v) is 5.18. The van der Waals surface area contributed by atoms with Crippen LogP contribution in [-0.2, 0) is 0 Å². The molecular formula is C14H17. The maximum absolute atomic E-state index is 3.26. The molecule has 0 aliphatic heterocycles. The Kier molecular flexibility index (Phi) is 6.39. The second kappa shape index (κ2) is 8.31. The lowest BCUT2D eigenvalue weighted by atomic mass is 10.2. The molecule has 0 heteroatoms. The number of hydrogen-bond acceptors (Lipinski definition) is 0. The van der Waals surface area contributed by atoms with E-state index in [2.05, 4.69) is 60.8 Å². The smallest absolute Gasteiger partial charge is 0.0160 e. The van der Waals surface area contributed by atoms with Gasteiger partial charge in [-0.3, -0.25) is 0 Å². The van der Waals surface area contributed by atoms with Crippen LogP contribution < -0.4 is 0 Å². The van der Waals surface area contributed by atoms with E-state index in [0.717, 1.165) is 25.7 Å². The van der Waals surface area contributed by atoms with E-state index in [4.69, 9.17) is 0 Å². The van der Waals surface area contributed by atoms with Crippen LogP contribution in [0.3, 0.4) is 0 Å². The van der Waals surface area contributed by atoms with Crippen LogP contribution in [0.25, 0.3) is 0 Å². The molecule has 73 valence electrons. The van der Waals surface area contributed by atoms with Gasteiger partial charge in [0.15, 0.2) is 0 Å². The minimum atomic E-state index is 0.990. The van der Waals surface area contributed by atoms with Crippen LogP contribution in [0.5, 0.6) is 0 Å². The molecule has 1 aliphatic carbocycles. The summed E-state index contributed by atoms with van der Waals surface area (Å²) in [6.45, 7) is 0. The molecule has 0 spiro atoms. The Morgan fingerprint density at radius 3 is 2.14 bits per heavy atom. The van der Waals surface area contributed by atoms with Crippen molar-refractivity contribution in [2.45, 2.75) is 25.7 Å². The molecular weight excluding hydrogens is 168 g/mol. The molecule has 0 fully saturated rings. The van der Waals surface area contributed by atoms with E-state index in [9.17, 15) is 0 Å². The van der Waals surface area contributed by atoms with Crippen LogP contribution >= 0.6 is 0 Å². The lowest BCUT2D eigenvalue weighted by Gasteiger charge is -1.86. The molecule has 1 aliphatic rings. The third-order valence-corrected chi connectivity index (χ3v) is 1.89. The summed E-state index contributed by atoms with van der Waals surface area (Å²) in [6, 6.07) is 0. The first-order valence-electron chi connectivity index (χ1n) is 5.18. The molecule has 0 bridgehead atoms. The second-order valence-electron chi connectivity index (χ2n) is 3.13. The average molecular weight is 185 g/mol. The summed E-state index contributed by atoms with van der Waals surface area (Å²) >= 11 is 0. The van der Waals surface area contributed by atoms with E-state index in [-0.39, 0.29) is 0 Å². The summed E-state index contributed by atoms with van der Waals surface area (Å²) in [5.74, 6) is 0. The highest BCUT2D eigenvalue weighted by molar-refractivity contribution is 5.09. The predicted octanol–water partition coefficient (Wildman–Crippen LogP) is 4.14. The van der Waals surface area contributed by atoms with Gasteiger partial charge in [-0.15, -0.1) is 0 Å². The SMILES string of the molecule is [C]1=C/C/C=C\C=C\C/C=C/C=C\CC/1. The van der Waals surface area contributed by atoms with E-state index >= 15 is 0 Å². The summed E-state index contributed by atoms with van der Waals surface area (Å²) in [7, 11) is 0. The Balaban J connectivity index is 2.45. The monoisotopic (exact) mass is 185 g/mol. The Morgan fingerprint density at radius 2 is 1.36 bits per heavy atom. The van der Waals surface area contributed by atoms with Crippen LogP contribution in [0.1, 0.15) is 25.7 Å². The summed E-state index contributed by atoms with van der Waals surface area (Å²) in [5, 5.41) is 0. The van der Waals surface area contributed by atoms with Crippen LogP contribution in [0.2, 0.25) is 0 Å². The van der Waals surface area contributed by atoms with Gasteiger partial charge in [-0.25, -0.2) is 0 Å². The topological polar surface area (TPSA) is 0 Å². The predicted molar refractivity (Wildman–Crippen MR) is 62.8 cm³/mol. The third kappa shape index (κ3) is 6.24. The van der Waals surface area contributed by atoms with E-state index in [1.165, 1.54) is 0 Å². The van der Waals surface area contributed by atoms with Crippen molar-refractivity contribution in [1.29, 1.82) is 0 Å². The van der Waals surface area contributed by atoms with E-state index in [1.807, 2.05) is 0 Å². The summed E-state index contributed by atoms with van der Waals surface area (Å²) in [4.78, 5) is 0. The molecule has 0 aromatic rings. The number of hydrogen-bond donors (Lipinski definition) is 0. The first-order chi connectivity index (χ1) is 7.00. The molecule has 14 heavy (non-hydrogen) atoms.